The number of nitrogens with zero attached hydrogens (tertiary/aromatic N) is 4. The molecule has 3 rings (SSSR count). The molecule has 1 fully saturated rings. The van der Waals surface area contributed by atoms with Gasteiger partial charge in [0, 0.05) is 19.2 Å². The number of piperidine rings is 1. The van der Waals surface area contributed by atoms with E-state index in [9.17, 15) is 8.78 Å². The second-order valence-corrected chi connectivity index (χ2v) is 4.94. The minimum atomic E-state index is -0.693. The largest absolute Gasteiger partial charge is 0.355 e. The Morgan fingerprint density at radius 2 is 1.90 bits per heavy atom. The molecule has 0 atom stereocenters. The van der Waals surface area contributed by atoms with Gasteiger partial charge in [-0.15, -0.1) is 5.10 Å². The maximum atomic E-state index is 13.6. The van der Waals surface area contributed by atoms with Crippen molar-refractivity contribution in [1.82, 2.24) is 15.2 Å². The van der Waals surface area contributed by atoms with E-state index in [1.807, 2.05) is 0 Å². The number of rotatable bonds is 3. The Morgan fingerprint density at radius 1 is 1.10 bits per heavy atom. The Kier molecular flexibility index (Phi) is 3.89. The van der Waals surface area contributed by atoms with E-state index in [2.05, 4.69) is 25.4 Å². The van der Waals surface area contributed by atoms with Gasteiger partial charge in [0.05, 0.1) is 11.9 Å². The molecule has 0 aliphatic carbocycles. The van der Waals surface area contributed by atoms with E-state index < -0.39 is 11.6 Å². The predicted octanol–water partition coefficient (Wildman–Crippen LogP) is 2.88. The summed E-state index contributed by atoms with van der Waals surface area (Å²) in [4.78, 5) is 6.47. The van der Waals surface area contributed by atoms with Gasteiger partial charge in [0.1, 0.15) is 11.6 Å². The van der Waals surface area contributed by atoms with Gasteiger partial charge >= 0.3 is 0 Å². The standard InChI is InChI=1S/C14H15F2N5/c15-10-4-5-12(11(16)8-10)18-14-19-13(9-17-20-14)21-6-2-1-3-7-21/h4-5,8-9H,1-3,6-7H2,(H,18,19,20). The molecular formula is C14H15F2N5. The summed E-state index contributed by atoms with van der Waals surface area (Å²) in [5.74, 6) is -0.403. The maximum Gasteiger partial charge on any atom is 0.249 e. The third-order valence-corrected chi connectivity index (χ3v) is 3.40. The molecule has 1 N–H and O–H groups in total. The normalized spacial score (nSPS) is 15.0. The Morgan fingerprint density at radius 3 is 2.67 bits per heavy atom. The molecule has 0 unspecified atom stereocenters. The zero-order chi connectivity index (χ0) is 14.7. The Bertz CT molecular complexity index is 629. The number of hydrogen-bond acceptors (Lipinski definition) is 5. The molecule has 1 saturated heterocycles. The van der Waals surface area contributed by atoms with Crippen LogP contribution in [0.3, 0.4) is 0 Å². The maximum absolute atomic E-state index is 13.6. The first kappa shape index (κ1) is 13.7. The minimum absolute atomic E-state index is 0.119. The summed E-state index contributed by atoms with van der Waals surface area (Å²) in [6, 6.07) is 3.29. The van der Waals surface area contributed by atoms with Crippen LogP contribution in [-0.2, 0) is 0 Å². The lowest BCUT2D eigenvalue weighted by Crippen LogP contribution is -2.30. The summed E-state index contributed by atoms with van der Waals surface area (Å²) in [7, 11) is 0. The SMILES string of the molecule is Fc1ccc(Nc2nncc(N3CCCCC3)n2)c(F)c1. The van der Waals surface area contributed by atoms with Gasteiger partial charge in [-0.2, -0.15) is 10.1 Å². The highest BCUT2D eigenvalue weighted by Gasteiger charge is 2.14. The van der Waals surface area contributed by atoms with Crippen LogP contribution in [0, 0.1) is 11.6 Å². The Labute approximate surface area is 121 Å². The average molecular weight is 291 g/mol. The van der Waals surface area contributed by atoms with E-state index >= 15 is 0 Å². The highest BCUT2D eigenvalue weighted by Crippen LogP contribution is 2.21. The first-order valence-electron chi connectivity index (χ1n) is 6.89. The molecule has 1 aliphatic rings. The van der Waals surface area contributed by atoms with Crippen molar-refractivity contribution in [3.8, 4) is 0 Å². The topological polar surface area (TPSA) is 53.9 Å². The van der Waals surface area contributed by atoms with Gasteiger partial charge in [-0.1, -0.05) is 0 Å². The van der Waals surface area contributed by atoms with Gasteiger partial charge in [-0.25, -0.2) is 8.78 Å². The molecule has 110 valence electrons. The third kappa shape index (κ3) is 3.24. The quantitative estimate of drug-likeness (QED) is 0.942. The number of nitrogens with one attached hydrogen (secondary N) is 1. The Balaban J connectivity index is 1.79. The molecule has 2 heterocycles. The van der Waals surface area contributed by atoms with Crippen LogP contribution in [0.1, 0.15) is 19.3 Å². The molecule has 21 heavy (non-hydrogen) atoms. The van der Waals surface area contributed by atoms with Gasteiger partial charge in [-0.3, -0.25) is 0 Å². The van der Waals surface area contributed by atoms with E-state index in [0.717, 1.165) is 37.8 Å². The molecule has 0 radical (unpaired) electrons. The summed E-state index contributed by atoms with van der Waals surface area (Å²) in [6.45, 7) is 1.87. The van der Waals surface area contributed by atoms with Crippen molar-refractivity contribution in [2.24, 2.45) is 0 Å². The van der Waals surface area contributed by atoms with Crippen LogP contribution >= 0.6 is 0 Å². The molecule has 2 aromatic rings. The molecular weight excluding hydrogens is 276 g/mol. The second kappa shape index (κ2) is 5.99. The van der Waals surface area contributed by atoms with Crippen molar-refractivity contribution < 1.29 is 8.78 Å². The summed E-state index contributed by atoms with van der Waals surface area (Å²) >= 11 is 0. The van der Waals surface area contributed by atoms with E-state index in [1.165, 1.54) is 18.6 Å². The monoisotopic (exact) mass is 291 g/mol. The molecule has 0 spiro atoms. The van der Waals surface area contributed by atoms with Gasteiger partial charge < -0.3 is 10.2 Å². The van der Waals surface area contributed by atoms with Crippen LogP contribution in [-0.4, -0.2) is 28.3 Å². The predicted molar refractivity (Wildman–Crippen MR) is 75.5 cm³/mol. The number of anilines is 3. The molecule has 1 aromatic heterocycles. The first-order valence-corrected chi connectivity index (χ1v) is 6.89. The van der Waals surface area contributed by atoms with Crippen molar-refractivity contribution in [2.75, 3.05) is 23.3 Å². The smallest absolute Gasteiger partial charge is 0.249 e. The van der Waals surface area contributed by atoms with Crippen molar-refractivity contribution in [3.63, 3.8) is 0 Å². The zero-order valence-corrected chi connectivity index (χ0v) is 11.4. The zero-order valence-electron chi connectivity index (χ0n) is 11.4. The van der Waals surface area contributed by atoms with Crippen LogP contribution in [0.5, 0.6) is 0 Å². The Hall–Kier alpha value is -2.31. The van der Waals surface area contributed by atoms with Crippen molar-refractivity contribution in [1.29, 1.82) is 0 Å². The second-order valence-electron chi connectivity index (χ2n) is 4.94. The van der Waals surface area contributed by atoms with Crippen LogP contribution in [0.25, 0.3) is 0 Å². The average Bonchev–Trinajstić information content (AvgIpc) is 2.51. The van der Waals surface area contributed by atoms with E-state index in [4.69, 9.17) is 0 Å². The fourth-order valence-electron chi connectivity index (χ4n) is 2.33. The highest BCUT2D eigenvalue weighted by molar-refractivity contribution is 5.55. The van der Waals surface area contributed by atoms with Crippen molar-refractivity contribution in [3.05, 3.63) is 36.0 Å². The lowest BCUT2D eigenvalue weighted by molar-refractivity contribution is 0.572. The van der Waals surface area contributed by atoms with Gasteiger partial charge in [0.15, 0.2) is 5.82 Å². The number of benzene rings is 1. The lowest BCUT2D eigenvalue weighted by Gasteiger charge is -2.27. The molecule has 7 heteroatoms. The molecule has 0 amide bonds. The molecule has 1 aliphatic heterocycles. The van der Waals surface area contributed by atoms with Crippen LogP contribution in [0.4, 0.5) is 26.2 Å². The summed E-state index contributed by atoms with van der Waals surface area (Å²) in [5.41, 5.74) is 0.119. The van der Waals surface area contributed by atoms with E-state index in [-0.39, 0.29) is 11.6 Å². The van der Waals surface area contributed by atoms with Crippen molar-refractivity contribution in [2.45, 2.75) is 19.3 Å². The number of aromatic nitrogens is 3. The van der Waals surface area contributed by atoms with Crippen LogP contribution in [0.15, 0.2) is 24.4 Å². The van der Waals surface area contributed by atoms with Gasteiger partial charge in [-0.05, 0) is 31.4 Å². The molecule has 0 saturated carbocycles. The molecule has 0 bridgehead atoms. The highest BCUT2D eigenvalue weighted by atomic mass is 19.1. The van der Waals surface area contributed by atoms with Crippen LogP contribution in [0.2, 0.25) is 0 Å². The van der Waals surface area contributed by atoms with Gasteiger partial charge in [0.25, 0.3) is 0 Å². The molecule has 1 aromatic carbocycles. The fourth-order valence-corrected chi connectivity index (χ4v) is 2.33. The summed E-state index contributed by atoms with van der Waals surface area (Å²) < 4.78 is 26.5. The number of hydrogen-bond donors (Lipinski definition) is 1. The van der Waals surface area contributed by atoms with Gasteiger partial charge in [0.2, 0.25) is 5.95 Å². The summed E-state index contributed by atoms with van der Waals surface area (Å²) in [5, 5.41) is 10.4. The summed E-state index contributed by atoms with van der Waals surface area (Å²) in [6.07, 6.45) is 5.07. The van der Waals surface area contributed by atoms with Crippen molar-refractivity contribution >= 4 is 17.5 Å². The minimum Gasteiger partial charge on any atom is -0.355 e. The van der Waals surface area contributed by atoms with E-state index in [1.54, 1.807) is 6.20 Å². The van der Waals surface area contributed by atoms with Crippen LogP contribution < -0.4 is 10.2 Å². The lowest BCUT2D eigenvalue weighted by atomic mass is 10.1. The number of halogens is 2. The fraction of sp³-hybridized carbons (Fsp3) is 0.357. The first-order chi connectivity index (χ1) is 10.2. The van der Waals surface area contributed by atoms with E-state index in [0.29, 0.717) is 0 Å². The third-order valence-electron chi connectivity index (χ3n) is 3.40. The molecule has 5 nitrogen and oxygen atoms in total.